The lowest BCUT2D eigenvalue weighted by atomic mass is 10.0. The Balaban J connectivity index is 1.35. The summed E-state index contributed by atoms with van der Waals surface area (Å²) in [5.41, 5.74) is 0.917. The zero-order valence-corrected chi connectivity index (χ0v) is 13.5. The quantitative estimate of drug-likeness (QED) is 0.778. The number of hydrogen-bond acceptors (Lipinski definition) is 5. The highest BCUT2D eigenvalue weighted by molar-refractivity contribution is 5.92. The van der Waals surface area contributed by atoms with Crippen LogP contribution < -0.4 is 9.47 Å². The normalized spacial score (nSPS) is 22.2. The third-order valence-electron chi connectivity index (χ3n) is 4.67. The molecule has 0 bridgehead atoms. The number of likely N-dealkylation sites (tertiary alicyclic amines) is 1. The molecule has 1 spiro atoms. The topological polar surface area (TPSA) is 57.2 Å². The van der Waals surface area contributed by atoms with E-state index in [0.29, 0.717) is 13.1 Å². The Morgan fingerprint density at radius 1 is 1.08 bits per heavy atom. The summed E-state index contributed by atoms with van der Waals surface area (Å²) in [7, 11) is 0. The molecular formula is C18H21NO5. The van der Waals surface area contributed by atoms with Crippen LogP contribution in [0.3, 0.4) is 0 Å². The molecule has 4 rings (SSSR count). The van der Waals surface area contributed by atoms with Crippen molar-refractivity contribution in [3.63, 3.8) is 0 Å². The van der Waals surface area contributed by atoms with Crippen molar-refractivity contribution in [1.29, 1.82) is 0 Å². The third kappa shape index (κ3) is 3.12. The summed E-state index contributed by atoms with van der Waals surface area (Å²) in [6.45, 7) is 3.06. The van der Waals surface area contributed by atoms with E-state index in [1.807, 2.05) is 29.2 Å². The van der Waals surface area contributed by atoms with Gasteiger partial charge in [-0.05, 0) is 30.2 Å². The Labute approximate surface area is 140 Å². The van der Waals surface area contributed by atoms with E-state index in [2.05, 4.69) is 0 Å². The van der Waals surface area contributed by atoms with Gasteiger partial charge >= 0.3 is 0 Å². The molecule has 0 aromatic heterocycles. The SMILES string of the molecule is O=C(C=Cc1ccc2c(c1)OCO2)N1CCC2(CC1)OCCCO2. The molecule has 3 heterocycles. The van der Waals surface area contributed by atoms with Crippen LogP contribution in [-0.4, -0.2) is 49.7 Å². The minimum atomic E-state index is -0.462. The van der Waals surface area contributed by atoms with Gasteiger partial charge in [0.05, 0.1) is 13.2 Å². The van der Waals surface area contributed by atoms with Crippen molar-refractivity contribution in [2.24, 2.45) is 0 Å². The van der Waals surface area contributed by atoms with E-state index in [0.717, 1.165) is 49.5 Å². The maximum Gasteiger partial charge on any atom is 0.246 e. The molecule has 2 saturated heterocycles. The van der Waals surface area contributed by atoms with Crippen molar-refractivity contribution in [3.8, 4) is 11.5 Å². The number of ether oxygens (including phenoxy) is 4. The molecule has 0 atom stereocenters. The van der Waals surface area contributed by atoms with Crippen molar-refractivity contribution < 1.29 is 23.7 Å². The lowest BCUT2D eigenvalue weighted by Gasteiger charge is -2.43. The molecule has 0 saturated carbocycles. The van der Waals surface area contributed by atoms with Crippen LogP contribution in [-0.2, 0) is 14.3 Å². The van der Waals surface area contributed by atoms with Crippen LogP contribution in [0.4, 0.5) is 0 Å². The van der Waals surface area contributed by atoms with Crippen LogP contribution in [0, 0.1) is 0 Å². The summed E-state index contributed by atoms with van der Waals surface area (Å²) < 4.78 is 22.2. The van der Waals surface area contributed by atoms with Gasteiger partial charge in [-0.15, -0.1) is 0 Å². The van der Waals surface area contributed by atoms with E-state index >= 15 is 0 Å². The Hall–Kier alpha value is -2.05. The van der Waals surface area contributed by atoms with E-state index in [1.54, 1.807) is 6.08 Å². The number of carbonyl (C=O) groups is 1. The Bertz CT molecular complexity index is 641. The molecule has 2 fully saturated rings. The second-order valence-corrected chi connectivity index (χ2v) is 6.23. The number of carbonyl (C=O) groups excluding carboxylic acids is 1. The van der Waals surface area contributed by atoms with Gasteiger partial charge in [-0.25, -0.2) is 0 Å². The summed E-state index contributed by atoms with van der Waals surface area (Å²) >= 11 is 0. The molecule has 128 valence electrons. The lowest BCUT2D eigenvalue weighted by molar-refractivity contribution is -0.282. The van der Waals surface area contributed by atoms with Crippen LogP contribution in [0.1, 0.15) is 24.8 Å². The predicted octanol–water partition coefficient (Wildman–Crippen LogP) is 2.18. The van der Waals surface area contributed by atoms with Crippen molar-refractivity contribution in [1.82, 2.24) is 4.90 Å². The molecular weight excluding hydrogens is 310 g/mol. The van der Waals surface area contributed by atoms with Crippen LogP contribution in [0.2, 0.25) is 0 Å². The molecule has 3 aliphatic heterocycles. The first-order valence-electron chi connectivity index (χ1n) is 8.39. The van der Waals surface area contributed by atoms with Crippen molar-refractivity contribution in [3.05, 3.63) is 29.8 Å². The third-order valence-corrected chi connectivity index (χ3v) is 4.67. The molecule has 0 aliphatic carbocycles. The smallest absolute Gasteiger partial charge is 0.246 e. The summed E-state index contributed by atoms with van der Waals surface area (Å²) in [6.07, 6.45) is 5.83. The van der Waals surface area contributed by atoms with Gasteiger partial charge in [0.2, 0.25) is 12.7 Å². The molecule has 24 heavy (non-hydrogen) atoms. The van der Waals surface area contributed by atoms with E-state index in [1.165, 1.54) is 0 Å². The highest BCUT2D eigenvalue weighted by Gasteiger charge is 2.39. The number of benzene rings is 1. The molecule has 3 aliphatic rings. The summed E-state index contributed by atoms with van der Waals surface area (Å²) in [5, 5.41) is 0. The van der Waals surface area contributed by atoms with Gasteiger partial charge in [0.25, 0.3) is 0 Å². The standard InChI is InChI=1S/C18H21NO5/c20-17(5-3-14-2-4-15-16(12-14)22-13-21-15)19-8-6-18(7-9-19)23-10-1-11-24-18/h2-5,12H,1,6-11,13H2. The van der Waals surface area contributed by atoms with Gasteiger partial charge in [0.15, 0.2) is 17.3 Å². The summed E-state index contributed by atoms with van der Waals surface area (Å²) in [4.78, 5) is 14.2. The van der Waals surface area contributed by atoms with Gasteiger partial charge in [0.1, 0.15) is 0 Å². The van der Waals surface area contributed by atoms with E-state index in [-0.39, 0.29) is 12.7 Å². The maximum atomic E-state index is 12.4. The van der Waals surface area contributed by atoms with E-state index in [4.69, 9.17) is 18.9 Å². The first kappa shape index (κ1) is 15.5. The van der Waals surface area contributed by atoms with Gasteiger partial charge in [-0.1, -0.05) is 6.07 Å². The van der Waals surface area contributed by atoms with Crippen LogP contribution in [0.25, 0.3) is 6.08 Å². The van der Waals surface area contributed by atoms with Crippen molar-refractivity contribution in [2.75, 3.05) is 33.1 Å². The fourth-order valence-corrected chi connectivity index (χ4v) is 3.26. The number of amides is 1. The number of nitrogens with zero attached hydrogens (tertiary/aromatic N) is 1. The largest absolute Gasteiger partial charge is 0.454 e. The Morgan fingerprint density at radius 2 is 1.83 bits per heavy atom. The van der Waals surface area contributed by atoms with Crippen LogP contribution in [0.5, 0.6) is 11.5 Å². The molecule has 1 aromatic rings. The van der Waals surface area contributed by atoms with E-state index < -0.39 is 5.79 Å². The average molecular weight is 331 g/mol. The molecule has 6 heteroatoms. The minimum Gasteiger partial charge on any atom is -0.454 e. The molecule has 6 nitrogen and oxygen atoms in total. The molecule has 1 aromatic carbocycles. The van der Waals surface area contributed by atoms with Gasteiger partial charge < -0.3 is 23.8 Å². The fraction of sp³-hybridized carbons (Fsp3) is 0.500. The first-order chi connectivity index (χ1) is 11.7. The molecule has 0 radical (unpaired) electrons. The highest BCUT2D eigenvalue weighted by Crippen LogP contribution is 2.33. The van der Waals surface area contributed by atoms with Crippen LogP contribution >= 0.6 is 0 Å². The highest BCUT2D eigenvalue weighted by atomic mass is 16.7. The lowest BCUT2D eigenvalue weighted by Crippen LogP contribution is -2.51. The zero-order valence-electron chi connectivity index (χ0n) is 13.5. The first-order valence-corrected chi connectivity index (χ1v) is 8.39. The summed E-state index contributed by atoms with van der Waals surface area (Å²) in [6, 6.07) is 5.64. The number of piperidine rings is 1. The van der Waals surface area contributed by atoms with Crippen molar-refractivity contribution in [2.45, 2.75) is 25.0 Å². The van der Waals surface area contributed by atoms with Crippen molar-refractivity contribution >= 4 is 12.0 Å². The zero-order chi connectivity index (χ0) is 16.4. The fourth-order valence-electron chi connectivity index (χ4n) is 3.26. The van der Waals surface area contributed by atoms with E-state index in [9.17, 15) is 4.79 Å². The monoisotopic (exact) mass is 331 g/mol. The average Bonchev–Trinajstić information content (AvgIpc) is 3.09. The summed E-state index contributed by atoms with van der Waals surface area (Å²) in [5.74, 6) is 1.01. The molecule has 1 amide bonds. The minimum absolute atomic E-state index is 0.0123. The predicted molar refractivity (Wildman–Crippen MR) is 86.7 cm³/mol. The van der Waals surface area contributed by atoms with Gasteiger partial charge in [-0.3, -0.25) is 4.79 Å². The Kier molecular flexibility index (Phi) is 4.16. The van der Waals surface area contributed by atoms with Gasteiger partial charge in [0, 0.05) is 32.0 Å². The maximum absolute atomic E-state index is 12.4. The second kappa shape index (κ2) is 6.45. The number of fused-ring (bicyclic) bond motifs is 1. The molecule has 0 unspecified atom stereocenters. The van der Waals surface area contributed by atoms with Gasteiger partial charge in [-0.2, -0.15) is 0 Å². The number of rotatable bonds is 2. The van der Waals surface area contributed by atoms with Crippen LogP contribution in [0.15, 0.2) is 24.3 Å². The second-order valence-electron chi connectivity index (χ2n) is 6.23. The molecule has 0 N–H and O–H groups in total. The number of hydrogen-bond donors (Lipinski definition) is 0. The Morgan fingerprint density at radius 3 is 2.62 bits per heavy atom.